The maximum absolute atomic E-state index is 5.46. The zero-order chi connectivity index (χ0) is 17.9. The second-order valence-electron chi connectivity index (χ2n) is 6.02. The standard InChI is InChI=1S/C20H20N4O2/c1-3-11-24-13-21-17-12-15(7-10-18(17)24)19-22-20(26-23-19)14-5-8-16(9-6-14)25-4-2/h5-10,12-13H,3-4,11H2,1-2H3. The van der Waals surface area contributed by atoms with E-state index >= 15 is 0 Å². The van der Waals surface area contributed by atoms with Crippen molar-refractivity contribution in [2.24, 2.45) is 0 Å². The average molecular weight is 348 g/mol. The zero-order valence-electron chi connectivity index (χ0n) is 14.8. The van der Waals surface area contributed by atoms with Gasteiger partial charge in [0.25, 0.3) is 5.89 Å². The van der Waals surface area contributed by atoms with Crippen molar-refractivity contribution in [1.29, 1.82) is 0 Å². The monoisotopic (exact) mass is 348 g/mol. The number of rotatable bonds is 6. The van der Waals surface area contributed by atoms with Gasteiger partial charge < -0.3 is 13.8 Å². The van der Waals surface area contributed by atoms with E-state index < -0.39 is 0 Å². The smallest absolute Gasteiger partial charge is 0.258 e. The molecule has 0 amide bonds. The van der Waals surface area contributed by atoms with Crippen LogP contribution >= 0.6 is 0 Å². The van der Waals surface area contributed by atoms with E-state index in [0.29, 0.717) is 18.3 Å². The molecule has 0 aliphatic heterocycles. The molecular formula is C20H20N4O2. The maximum atomic E-state index is 5.46. The van der Waals surface area contributed by atoms with Crippen LogP contribution in [0.5, 0.6) is 5.75 Å². The van der Waals surface area contributed by atoms with E-state index in [9.17, 15) is 0 Å². The van der Waals surface area contributed by atoms with Gasteiger partial charge in [-0.05, 0) is 55.8 Å². The van der Waals surface area contributed by atoms with Gasteiger partial charge in [-0.15, -0.1) is 0 Å². The lowest BCUT2D eigenvalue weighted by Crippen LogP contribution is -1.93. The SMILES string of the molecule is CCCn1cnc2cc(-c3noc(-c4ccc(OCC)cc4)n3)ccc21. The Kier molecular flexibility index (Phi) is 4.39. The molecule has 0 aliphatic carbocycles. The molecule has 0 unspecified atom stereocenters. The van der Waals surface area contributed by atoms with Crippen molar-refractivity contribution in [3.8, 4) is 28.6 Å². The molecule has 4 rings (SSSR count). The van der Waals surface area contributed by atoms with E-state index in [1.54, 1.807) is 0 Å². The fraction of sp³-hybridized carbons (Fsp3) is 0.250. The number of aryl methyl sites for hydroxylation is 1. The first-order chi connectivity index (χ1) is 12.8. The summed E-state index contributed by atoms with van der Waals surface area (Å²) in [7, 11) is 0. The number of hydrogen-bond acceptors (Lipinski definition) is 5. The van der Waals surface area contributed by atoms with Crippen molar-refractivity contribution in [2.45, 2.75) is 26.8 Å². The van der Waals surface area contributed by atoms with E-state index in [0.717, 1.165) is 40.9 Å². The quantitative estimate of drug-likeness (QED) is 0.511. The molecule has 0 atom stereocenters. The second kappa shape index (κ2) is 7.00. The van der Waals surface area contributed by atoms with Gasteiger partial charge in [0.1, 0.15) is 5.75 Å². The minimum Gasteiger partial charge on any atom is -0.494 e. The molecule has 6 heteroatoms. The highest BCUT2D eigenvalue weighted by Crippen LogP contribution is 2.26. The van der Waals surface area contributed by atoms with E-state index in [1.165, 1.54) is 0 Å². The predicted molar refractivity (Wildman–Crippen MR) is 99.9 cm³/mol. The molecule has 132 valence electrons. The molecule has 0 N–H and O–H groups in total. The molecule has 26 heavy (non-hydrogen) atoms. The lowest BCUT2D eigenvalue weighted by atomic mass is 10.2. The van der Waals surface area contributed by atoms with Crippen molar-refractivity contribution in [3.05, 3.63) is 48.8 Å². The van der Waals surface area contributed by atoms with Crippen molar-refractivity contribution < 1.29 is 9.26 Å². The average Bonchev–Trinajstić information content (AvgIpc) is 3.30. The molecule has 0 spiro atoms. The first kappa shape index (κ1) is 16.3. The summed E-state index contributed by atoms with van der Waals surface area (Å²) in [5.41, 5.74) is 3.80. The molecule has 2 aromatic heterocycles. The molecule has 0 bridgehead atoms. The van der Waals surface area contributed by atoms with Crippen LogP contribution in [-0.4, -0.2) is 26.3 Å². The van der Waals surface area contributed by atoms with Crippen LogP contribution in [0.15, 0.2) is 53.3 Å². The molecule has 0 saturated heterocycles. The summed E-state index contributed by atoms with van der Waals surface area (Å²) in [4.78, 5) is 9.00. The van der Waals surface area contributed by atoms with Crippen LogP contribution in [0, 0.1) is 0 Å². The predicted octanol–water partition coefficient (Wildman–Crippen LogP) is 4.56. The van der Waals surface area contributed by atoms with Crippen LogP contribution in [0.4, 0.5) is 0 Å². The Morgan fingerprint density at radius 2 is 1.85 bits per heavy atom. The van der Waals surface area contributed by atoms with Crippen LogP contribution < -0.4 is 4.74 Å². The molecule has 4 aromatic rings. The molecule has 0 aliphatic rings. The largest absolute Gasteiger partial charge is 0.494 e. The number of fused-ring (bicyclic) bond motifs is 1. The molecule has 0 fully saturated rings. The Bertz CT molecular complexity index is 1020. The maximum Gasteiger partial charge on any atom is 0.258 e. The van der Waals surface area contributed by atoms with Crippen LogP contribution in [0.25, 0.3) is 33.9 Å². The van der Waals surface area contributed by atoms with Gasteiger partial charge in [-0.3, -0.25) is 0 Å². The Morgan fingerprint density at radius 3 is 2.62 bits per heavy atom. The van der Waals surface area contributed by atoms with Gasteiger partial charge in [-0.1, -0.05) is 12.1 Å². The Labute approximate surface area is 151 Å². The van der Waals surface area contributed by atoms with E-state index in [4.69, 9.17) is 9.26 Å². The second-order valence-corrected chi connectivity index (χ2v) is 6.02. The van der Waals surface area contributed by atoms with Gasteiger partial charge >= 0.3 is 0 Å². The van der Waals surface area contributed by atoms with E-state index in [-0.39, 0.29) is 0 Å². The minimum atomic E-state index is 0.486. The zero-order valence-corrected chi connectivity index (χ0v) is 14.8. The highest BCUT2D eigenvalue weighted by molar-refractivity contribution is 5.80. The van der Waals surface area contributed by atoms with Gasteiger partial charge in [0, 0.05) is 17.7 Å². The minimum absolute atomic E-state index is 0.486. The van der Waals surface area contributed by atoms with Gasteiger partial charge in [0.2, 0.25) is 5.82 Å². The third kappa shape index (κ3) is 3.06. The lowest BCUT2D eigenvalue weighted by molar-refractivity contribution is 0.340. The fourth-order valence-corrected chi connectivity index (χ4v) is 2.94. The normalized spacial score (nSPS) is 11.2. The summed E-state index contributed by atoms with van der Waals surface area (Å²) < 4.78 is 13.0. The van der Waals surface area contributed by atoms with Crippen LogP contribution in [-0.2, 0) is 6.54 Å². The van der Waals surface area contributed by atoms with Gasteiger partial charge in [-0.25, -0.2) is 4.98 Å². The summed E-state index contributed by atoms with van der Waals surface area (Å²) in [6.45, 7) is 5.71. The van der Waals surface area contributed by atoms with Crippen LogP contribution in [0.1, 0.15) is 20.3 Å². The van der Waals surface area contributed by atoms with Gasteiger partial charge in [0.05, 0.1) is 24.0 Å². The van der Waals surface area contributed by atoms with Gasteiger partial charge in [-0.2, -0.15) is 4.98 Å². The Balaban J connectivity index is 1.62. The number of nitrogens with zero attached hydrogens (tertiary/aromatic N) is 4. The first-order valence-electron chi connectivity index (χ1n) is 8.80. The highest BCUT2D eigenvalue weighted by Gasteiger charge is 2.12. The highest BCUT2D eigenvalue weighted by atomic mass is 16.5. The molecule has 6 nitrogen and oxygen atoms in total. The van der Waals surface area contributed by atoms with Crippen molar-refractivity contribution in [3.63, 3.8) is 0 Å². The number of imidazole rings is 1. The van der Waals surface area contributed by atoms with Crippen molar-refractivity contribution >= 4 is 11.0 Å². The van der Waals surface area contributed by atoms with Crippen LogP contribution in [0.3, 0.4) is 0 Å². The summed E-state index contributed by atoms with van der Waals surface area (Å²) in [5, 5.41) is 4.12. The molecule has 2 heterocycles. The number of aromatic nitrogens is 4. The lowest BCUT2D eigenvalue weighted by Gasteiger charge is -2.02. The van der Waals surface area contributed by atoms with E-state index in [1.807, 2.05) is 49.6 Å². The summed E-state index contributed by atoms with van der Waals surface area (Å²) in [6.07, 6.45) is 2.95. The molecule has 0 radical (unpaired) electrons. The number of hydrogen-bond donors (Lipinski definition) is 0. The topological polar surface area (TPSA) is 66.0 Å². The molecule has 0 saturated carbocycles. The van der Waals surface area contributed by atoms with Gasteiger partial charge in [0.15, 0.2) is 0 Å². The Morgan fingerprint density at radius 1 is 1.04 bits per heavy atom. The van der Waals surface area contributed by atoms with Crippen molar-refractivity contribution in [2.75, 3.05) is 6.61 Å². The summed E-state index contributed by atoms with van der Waals surface area (Å²) >= 11 is 0. The first-order valence-corrected chi connectivity index (χ1v) is 8.80. The Hall–Kier alpha value is -3.15. The van der Waals surface area contributed by atoms with Crippen molar-refractivity contribution in [1.82, 2.24) is 19.7 Å². The summed E-state index contributed by atoms with van der Waals surface area (Å²) in [5.74, 6) is 1.87. The summed E-state index contributed by atoms with van der Waals surface area (Å²) in [6, 6.07) is 13.7. The molecule has 2 aromatic carbocycles. The third-order valence-corrected chi connectivity index (χ3v) is 4.18. The third-order valence-electron chi connectivity index (χ3n) is 4.18. The molecular weight excluding hydrogens is 328 g/mol. The number of ether oxygens (including phenoxy) is 1. The van der Waals surface area contributed by atoms with E-state index in [2.05, 4.69) is 32.7 Å². The number of benzene rings is 2. The van der Waals surface area contributed by atoms with Crippen LogP contribution in [0.2, 0.25) is 0 Å². The fourth-order valence-electron chi connectivity index (χ4n) is 2.94.